The fourth-order valence-electron chi connectivity index (χ4n) is 2.61. The fraction of sp³-hybridized carbons (Fsp3) is 0.600. The molecular formula is C15H19BFNO4. The van der Waals surface area contributed by atoms with Gasteiger partial charge < -0.3 is 14.4 Å². The van der Waals surface area contributed by atoms with Gasteiger partial charge in [-0.05, 0) is 40.2 Å². The normalized spacial score (nSPS) is 28.7. The molecule has 1 aliphatic heterocycles. The van der Waals surface area contributed by atoms with E-state index in [1.54, 1.807) is 12.1 Å². The zero-order valence-electron chi connectivity index (χ0n) is 13.1. The number of hydrogen-bond donors (Lipinski definition) is 1. The lowest BCUT2D eigenvalue weighted by molar-refractivity contribution is -0.138. The number of pyridine rings is 1. The lowest BCUT2D eigenvalue weighted by atomic mass is 9.80. The number of carboxylic acids is 1. The SMILES string of the molecule is CC1(C)OB(c2ccc(C3CC3C(=O)O)nc2F)OC1(C)C. The topological polar surface area (TPSA) is 68.7 Å². The third-order valence-corrected chi connectivity index (χ3v) is 4.89. The number of rotatable bonds is 3. The van der Waals surface area contributed by atoms with E-state index in [1.165, 1.54) is 0 Å². The lowest BCUT2D eigenvalue weighted by Crippen LogP contribution is -2.41. The smallest absolute Gasteiger partial charge is 0.481 e. The molecule has 2 atom stereocenters. The minimum atomic E-state index is -0.859. The van der Waals surface area contributed by atoms with E-state index in [-0.39, 0.29) is 11.4 Å². The first-order valence-electron chi connectivity index (χ1n) is 7.37. The third kappa shape index (κ3) is 2.42. The van der Waals surface area contributed by atoms with Gasteiger partial charge in [0.05, 0.1) is 17.1 Å². The first-order valence-corrected chi connectivity index (χ1v) is 7.37. The molecule has 1 aromatic heterocycles. The fourth-order valence-corrected chi connectivity index (χ4v) is 2.61. The molecule has 118 valence electrons. The van der Waals surface area contributed by atoms with Crippen molar-refractivity contribution < 1.29 is 23.6 Å². The van der Waals surface area contributed by atoms with E-state index in [2.05, 4.69) is 4.98 Å². The number of carbonyl (C=O) groups is 1. The number of halogens is 1. The summed E-state index contributed by atoms with van der Waals surface area (Å²) in [5, 5.41) is 8.94. The minimum absolute atomic E-state index is 0.195. The van der Waals surface area contributed by atoms with Crippen LogP contribution in [0.25, 0.3) is 0 Å². The summed E-state index contributed by atoms with van der Waals surface area (Å²) < 4.78 is 25.9. The van der Waals surface area contributed by atoms with Gasteiger partial charge in [0.25, 0.3) is 0 Å². The van der Waals surface area contributed by atoms with Crippen LogP contribution in [0.5, 0.6) is 0 Å². The van der Waals surface area contributed by atoms with E-state index < -0.39 is 36.2 Å². The van der Waals surface area contributed by atoms with Crippen molar-refractivity contribution in [2.45, 2.75) is 51.2 Å². The molecular weight excluding hydrogens is 288 g/mol. The van der Waals surface area contributed by atoms with Gasteiger partial charge in [0.1, 0.15) is 0 Å². The molecule has 2 heterocycles. The van der Waals surface area contributed by atoms with Crippen LogP contribution < -0.4 is 5.46 Å². The van der Waals surface area contributed by atoms with Gasteiger partial charge in [-0.3, -0.25) is 4.79 Å². The van der Waals surface area contributed by atoms with Crippen LogP contribution in [-0.4, -0.2) is 34.4 Å². The number of aromatic nitrogens is 1. The Balaban J connectivity index is 1.81. The molecule has 0 radical (unpaired) electrons. The molecule has 3 rings (SSSR count). The van der Waals surface area contributed by atoms with Crippen LogP contribution in [0.2, 0.25) is 0 Å². The van der Waals surface area contributed by atoms with Gasteiger partial charge in [0, 0.05) is 17.1 Å². The van der Waals surface area contributed by atoms with Gasteiger partial charge >= 0.3 is 13.1 Å². The highest BCUT2D eigenvalue weighted by Gasteiger charge is 2.53. The predicted molar refractivity (Wildman–Crippen MR) is 78.4 cm³/mol. The summed E-state index contributed by atoms with van der Waals surface area (Å²) in [5.41, 5.74) is -0.374. The van der Waals surface area contributed by atoms with Crippen molar-refractivity contribution in [3.63, 3.8) is 0 Å². The Bertz CT molecular complexity index is 618. The van der Waals surface area contributed by atoms with Crippen molar-refractivity contribution >= 4 is 18.6 Å². The van der Waals surface area contributed by atoms with E-state index in [1.807, 2.05) is 27.7 Å². The Hall–Kier alpha value is -1.47. The molecule has 1 saturated carbocycles. The monoisotopic (exact) mass is 307 g/mol. The molecule has 0 bridgehead atoms. The highest BCUT2D eigenvalue weighted by molar-refractivity contribution is 6.62. The molecule has 7 heteroatoms. The highest BCUT2D eigenvalue weighted by Crippen LogP contribution is 2.46. The molecule has 22 heavy (non-hydrogen) atoms. The van der Waals surface area contributed by atoms with Gasteiger partial charge in [0.2, 0.25) is 5.95 Å². The van der Waals surface area contributed by atoms with Gasteiger partial charge in [0.15, 0.2) is 0 Å². The molecule has 0 aromatic carbocycles. The maximum absolute atomic E-state index is 14.3. The van der Waals surface area contributed by atoms with Gasteiger partial charge in [-0.15, -0.1) is 0 Å². The molecule has 0 spiro atoms. The summed E-state index contributed by atoms with van der Waals surface area (Å²) in [5.74, 6) is -2.16. The predicted octanol–water partition coefficient (Wildman–Crippen LogP) is 1.71. The van der Waals surface area contributed by atoms with Crippen LogP contribution >= 0.6 is 0 Å². The summed E-state index contributed by atoms with van der Waals surface area (Å²) in [7, 11) is -0.805. The van der Waals surface area contributed by atoms with Crippen LogP contribution in [0.4, 0.5) is 4.39 Å². The Morgan fingerprint density at radius 2 is 1.91 bits per heavy atom. The van der Waals surface area contributed by atoms with Crippen molar-refractivity contribution in [1.82, 2.24) is 4.98 Å². The van der Waals surface area contributed by atoms with Crippen molar-refractivity contribution in [2.24, 2.45) is 5.92 Å². The summed E-state index contributed by atoms with van der Waals surface area (Å²) in [6, 6.07) is 3.24. The maximum atomic E-state index is 14.3. The minimum Gasteiger partial charge on any atom is -0.481 e. The van der Waals surface area contributed by atoms with E-state index in [9.17, 15) is 9.18 Å². The molecule has 0 amide bonds. The highest BCUT2D eigenvalue weighted by atomic mass is 19.1. The summed E-state index contributed by atoms with van der Waals surface area (Å²) in [6.45, 7) is 7.59. The second-order valence-corrected chi connectivity index (χ2v) is 6.99. The van der Waals surface area contributed by atoms with Crippen LogP contribution in [0, 0.1) is 11.9 Å². The molecule has 1 saturated heterocycles. The Morgan fingerprint density at radius 1 is 1.32 bits per heavy atom. The van der Waals surface area contributed by atoms with E-state index in [0.717, 1.165) is 0 Å². The Labute approximate surface area is 129 Å². The Morgan fingerprint density at radius 3 is 2.36 bits per heavy atom. The third-order valence-electron chi connectivity index (χ3n) is 4.89. The first kappa shape index (κ1) is 15.4. The summed E-state index contributed by atoms with van der Waals surface area (Å²) in [6.07, 6.45) is 0.512. The Kier molecular flexibility index (Phi) is 3.34. The van der Waals surface area contributed by atoms with Gasteiger partial charge in [-0.2, -0.15) is 4.39 Å². The van der Waals surface area contributed by atoms with Crippen molar-refractivity contribution in [3.8, 4) is 0 Å². The number of hydrogen-bond acceptors (Lipinski definition) is 4. The van der Waals surface area contributed by atoms with Crippen molar-refractivity contribution in [2.75, 3.05) is 0 Å². The summed E-state index contributed by atoms with van der Waals surface area (Å²) in [4.78, 5) is 14.8. The molecule has 2 unspecified atom stereocenters. The number of nitrogens with zero attached hydrogens (tertiary/aromatic N) is 1. The number of aliphatic carboxylic acids is 1. The van der Waals surface area contributed by atoms with E-state index >= 15 is 0 Å². The molecule has 1 aromatic rings. The standard InChI is InChI=1S/C15H19BFNO4/c1-14(2)15(3,4)22-16(21-14)10-5-6-11(18-12(10)17)8-7-9(8)13(19)20/h5-6,8-9H,7H2,1-4H3,(H,19,20). The zero-order chi connectivity index (χ0) is 16.3. The molecule has 2 aliphatic rings. The summed E-state index contributed by atoms with van der Waals surface area (Å²) >= 11 is 0. The van der Waals surface area contributed by atoms with Gasteiger partial charge in [-0.25, -0.2) is 4.98 Å². The first-order chi connectivity index (χ1) is 10.1. The van der Waals surface area contributed by atoms with Crippen molar-refractivity contribution in [3.05, 3.63) is 23.8 Å². The largest absolute Gasteiger partial charge is 0.499 e. The second-order valence-electron chi connectivity index (χ2n) is 6.99. The van der Waals surface area contributed by atoms with Crippen LogP contribution in [0.1, 0.15) is 45.7 Å². The molecule has 1 N–H and O–H groups in total. The van der Waals surface area contributed by atoms with Crippen molar-refractivity contribution in [1.29, 1.82) is 0 Å². The van der Waals surface area contributed by atoms with Crippen LogP contribution in [0.3, 0.4) is 0 Å². The average molecular weight is 307 g/mol. The van der Waals surface area contributed by atoms with E-state index in [0.29, 0.717) is 12.1 Å². The van der Waals surface area contributed by atoms with Crippen LogP contribution in [0.15, 0.2) is 12.1 Å². The molecule has 1 aliphatic carbocycles. The quantitative estimate of drug-likeness (QED) is 0.680. The van der Waals surface area contributed by atoms with E-state index in [4.69, 9.17) is 14.4 Å². The molecule has 2 fully saturated rings. The molecule has 5 nitrogen and oxygen atoms in total. The number of carboxylic acid groups (broad SMARTS) is 1. The van der Waals surface area contributed by atoms with Gasteiger partial charge in [-0.1, -0.05) is 6.07 Å². The average Bonchev–Trinajstić information content (AvgIpc) is 3.13. The second kappa shape index (κ2) is 4.76. The van der Waals surface area contributed by atoms with Crippen LogP contribution in [-0.2, 0) is 14.1 Å². The maximum Gasteiger partial charge on any atom is 0.499 e. The zero-order valence-corrected chi connectivity index (χ0v) is 13.1. The lowest BCUT2D eigenvalue weighted by Gasteiger charge is -2.32.